The smallest absolute Gasteiger partial charge is 0.253 e. The van der Waals surface area contributed by atoms with Gasteiger partial charge < -0.3 is 19.4 Å². The molecule has 172 valence electrons. The van der Waals surface area contributed by atoms with Crippen molar-refractivity contribution in [3.63, 3.8) is 0 Å². The van der Waals surface area contributed by atoms with Crippen molar-refractivity contribution < 1.29 is 19.1 Å². The first-order valence-corrected chi connectivity index (χ1v) is 11.0. The van der Waals surface area contributed by atoms with Gasteiger partial charge in [0, 0.05) is 56.8 Å². The van der Waals surface area contributed by atoms with Crippen molar-refractivity contribution in [3.05, 3.63) is 60.2 Å². The number of rotatable bonds is 8. The number of amides is 3. The first-order chi connectivity index (χ1) is 16.0. The van der Waals surface area contributed by atoms with Gasteiger partial charge in [-0.1, -0.05) is 18.2 Å². The van der Waals surface area contributed by atoms with Crippen molar-refractivity contribution in [3.8, 4) is 11.8 Å². The predicted octanol–water partition coefficient (Wildman–Crippen LogP) is 2.71. The zero-order chi connectivity index (χ0) is 23.6. The summed E-state index contributed by atoms with van der Waals surface area (Å²) >= 11 is 0. The Morgan fingerprint density at radius 2 is 1.58 bits per heavy atom. The van der Waals surface area contributed by atoms with Gasteiger partial charge in [-0.2, -0.15) is 5.26 Å². The molecule has 0 atom stereocenters. The zero-order valence-electron chi connectivity index (χ0n) is 18.8. The molecule has 1 aliphatic rings. The molecule has 0 spiro atoms. The van der Waals surface area contributed by atoms with Crippen LogP contribution in [-0.4, -0.2) is 67.4 Å². The number of benzene rings is 2. The molecule has 0 unspecified atom stereocenters. The van der Waals surface area contributed by atoms with Crippen LogP contribution in [0.2, 0.25) is 0 Å². The lowest BCUT2D eigenvalue weighted by Gasteiger charge is -2.35. The van der Waals surface area contributed by atoms with Crippen LogP contribution in [0.1, 0.15) is 29.6 Å². The molecule has 0 aliphatic carbocycles. The quantitative estimate of drug-likeness (QED) is 0.619. The van der Waals surface area contributed by atoms with E-state index in [1.165, 1.54) is 0 Å². The minimum Gasteiger partial charge on any atom is -0.497 e. The van der Waals surface area contributed by atoms with E-state index >= 15 is 0 Å². The number of hydrogen-bond donors (Lipinski definition) is 0. The minimum absolute atomic E-state index is 0.0732. The molecule has 1 aliphatic heterocycles. The third-order valence-electron chi connectivity index (χ3n) is 5.63. The number of piperazine rings is 1. The van der Waals surface area contributed by atoms with Gasteiger partial charge >= 0.3 is 0 Å². The highest BCUT2D eigenvalue weighted by Gasteiger charge is 2.26. The topological polar surface area (TPSA) is 93.9 Å². The summed E-state index contributed by atoms with van der Waals surface area (Å²) < 4.78 is 5.12. The van der Waals surface area contributed by atoms with E-state index in [1.54, 1.807) is 46.1 Å². The van der Waals surface area contributed by atoms with Gasteiger partial charge in [-0.3, -0.25) is 14.4 Å². The van der Waals surface area contributed by atoms with Crippen molar-refractivity contribution in [2.24, 2.45) is 0 Å². The maximum atomic E-state index is 12.8. The van der Waals surface area contributed by atoms with Crippen LogP contribution in [0.4, 0.5) is 5.69 Å². The lowest BCUT2D eigenvalue weighted by atomic mass is 10.1. The van der Waals surface area contributed by atoms with E-state index in [0.717, 1.165) is 5.69 Å². The monoisotopic (exact) mass is 448 g/mol. The second-order valence-corrected chi connectivity index (χ2v) is 7.69. The van der Waals surface area contributed by atoms with Crippen LogP contribution in [0.15, 0.2) is 54.6 Å². The molecular formula is C25H28N4O4. The van der Waals surface area contributed by atoms with Gasteiger partial charge in [-0.25, -0.2) is 0 Å². The lowest BCUT2D eigenvalue weighted by Crippen LogP contribution is -2.50. The Kier molecular flexibility index (Phi) is 8.42. The number of carbonyl (C=O) groups is 3. The van der Waals surface area contributed by atoms with Gasteiger partial charge in [-0.05, 0) is 36.4 Å². The number of ether oxygens (including phenoxy) is 1. The van der Waals surface area contributed by atoms with E-state index in [1.807, 2.05) is 30.3 Å². The van der Waals surface area contributed by atoms with E-state index < -0.39 is 0 Å². The molecule has 3 rings (SSSR count). The molecule has 1 fully saturated rings. The number of carbonyl (C=O) groups excluding carboxylic acids is 3. The Labute approximate surface area is 193 Å². The summed E-state index contributed by atoms with van der Waals surface area (Å²) in [5.74, 6) is 0.331. The van der Waals surface area contributed by atoms with Gasteiger partial charge in [0.05, 0.1) is 19.6 Å². The first-order valence-electron chi connectivity index (χ1n) is 11.0. The normalized spacial score (nSPS) is 13.2. The standard InChI is InChI=1S/C25H28N4O4/c1-33-22-10-8-20(9-11-22)25(32)28-18-16-27(17-19-28)23(30)12-13-24(31)29(15-5-14-26)21-6-3-2-4-7-21/h2-4,6-11H,5,12-13,15-19H2,1H3. The first kappa shape index (κ1) is 23.8. The van der Waals surface area contributed by atoms with E-state index in [9.17, 15) is 14.4 Å². The van der Waals surface area contributed by atoms with Crippen molar-refractivity contribution >= 4 is 23.4 Å². The zero-order valence-corrected chi connectivity index (χ0v) is 18.8. The Hall–Kier alpha value is -3.86. The van der Waals surface area contributed by atoms with Gasteiger partial charge in [0.2, 0.25) is 11.8 Å². The fourth-order valence-corrected chi connectivity index (χ4v) is 3.75. The lowest BCUT2D eigenvalue weighted by molar-refractivity contribution is -0.134. The summed E-state index contributed by atoms with van der Waals surface area (Å²) in [6, 6.07) is 18.2. The summed E-state index contributed by atoms with van der Waals surface area (Å²) in [7, 11) is 1.58. The number of hydrogen-bond acceptors (Lipinski definition) is 5. The minimum atomic E-state index is -0.182. The van der Waals surface area contributed by atoms with Crippen LogP contribution >= 0.6 is 0 Å². The molecular weight excluding hydrogens is 420 g/mol. The number of nitriles is 1. The number of nitrogens with zero attached hydrogens (tertiary/aromatic N) is 4. The largest absolute Gasteiger partial charge is 0.497 e. The molecule has 0 radical (unpaired) electrons. The Balaban J connectivity index is 1.49. The van der Waals surface area contributed by atoms with Crippen molar-refractivity contribution in [1.29, 1.82) is 5.26 Å². The summed E-state index contributed by atoms with van der Waals surface area (Å²) in [6.07, 6.45) is 0.393. The Bertz CT molecular complexity index is 993. The molecule has 8 nitrogen and oxygen atoms in total. The molecule has 2 aromatic carbocycles. The number of anilines is 1. The van der Waals surface area contributed by atoms with E-state index in [4.69, 9.17) is 10.00 Å². The third-order valence-corrected chi connectivity index (χ3v) is 5.63. The fourth-order valence-electron chi connectivity index (χ4n) is 3.75. The van der Waals surface area contributed by atoms with Gasteiger partial charge in [0.1, 0.15) is 5.75 Å². The Morgan fingerprint density at radius 3 is 2.18 bits per heavy atom. The van der Waals surface area contributed by atoms with Crippen LogP contribution in [0.3, 0.4) is 0 Å². The van der Waals surface area contributed by atoms with E-state index in [0.29, 0.717) is 44.0 Å². The van der Waals surface area contributed by atoms with E-state index in [-0.39, 0.29) is 37.0 Å². The van der Waals surface area contributed by atoms with Crippen LogP contribution in [0.25, 0.3) is 0 Å². The molecule has 3 amide bonds. The summed E-state index contributed by atoms with van der Waals surface area (Å²) in [5.41, 5.74) is 1.30. The van der Waals surface area contributed by atoms with Crippen LogP contribution in [0.5, 0.6) is 5.75 Å². The fraction of sp³-hybridized carbons (Fsp3) is 0.360. The highest BCUT2D eigenvalue weighted by molar-refractivity contribution is 5.96. The van der Waals surface area contributed by atoms with Gasteiger partial charge in [-0.15, -0.1) is 0 Å². The van der Waals surface area contributed by atoms with Crippen molar-refractivity contribution in [2.45, 2.75) is 19.3 Å². The second kappa shape index (κ2) is 11.7. The third kappa shape index (κ3) is 6.32. The summed E-state index contributed by atoms with van der Waals surface area (Å²) in [4.78, 5) is 43.1. The average Bonchev–Trinajstić information content (AvgIpc) is 2.88. The molecule has 1 saturated heterocycles. The number of methoxy groups -OCH3 is 1. The van der Waals surface area contributed by atoms with E-state index in [2.05, 4.69) is 6.07 Å². The second-order valence-electron chi connectivity index (χ2n) is 7.69. The van der Waals surface area contributed by atoms with Gasteiger partial charge in [0.25, 0.3) is 5.91 Å². The molecule has 33 heavy (non-hydrogen) atoms. The Morgan fingerprint density at radius 1 is 0.939 bits per heavy atom. The molecule has 0 aromatic heterocycles. The van der Waals surface area contributed by atoms with Gasteiger partial charge in [0.15, 0.2) is 0 Å². The number of para-hydroxylation sites is 1. The molecule has 1 heterocycles. The van der Waals surface area contributed by atoms with Crippen molar-refractivity contribution in [1.82, 2.24) is 9.80 Å². The van der Waals surface area contributed by atoms with Crippen molar-refractivity contribution in [2.75, 3.05) is 44.7 Å². The van der Waals surface area contributed by atoms with Crippen LogP contribution in [-0.2, 0) is 9.59 Å². The molecule has 0 bridgehead atoms. The van der Waals surface area contributed by atoms with Crippen LogP contribution in [0, 0.1) is 11.3 Å². The molecule has 0 saturated carbocycles. The maximum absolute atomic E-state index is 12.8. The highest BCUT2D eigenvalue weighted by Crippen LogP contribution is 2.17. The summed E-state index contributed by atoms with van der Waals surface area (Å²) in [6.45, 7) is 2.06. The molecule has 8 heteroatoms. The molecule has 2 aromatic rings. The van der Waals surface area contributed by atoms with Crippen LogP contribution < -0.4 is 9.64 Å². The SMILES string of the molecule is COc1ccc(C(=O)N2CCN(C(=O)CCC(=O)N(CCC#N)c3ccccc3)CC2)cc1. The predicted molar refractivity (Wildman–Crippen MR) is 124 cm³/mol. The summed E-state index contributed by atoms with van der Waals surface area (Å²) in [5, 5.41) is 8.91. The highest BCUT2D eigenvalue weighted by atomic mass is 16.5. The maximum Gasteiger partial charge on any atom is 0.253 e. The molecule has 0 N–H and O–H groups in total. The average molecular weight is 449 g/mol.